The van der Waals surface area contributed by atoms with Crippen LogP contribution in [-0.4, -0.2) is 24.6 Å². The van der Waals surface area contributed by atoms with Gasteiger partial charge in [0.05, 0.1) is 10.6 Å². The topological polar surface area (TPSA) is 104 Å². The zero-order valence-electron chi connectivity index (χ0n) is 15.1. The van der Waals surface area contributed by atoms with E-state index in [1.807, 2.05) is 30.3 Å². The van der Waals surface area contributed by atoms with Crippen molar-refractivity contribution in [3.05, 3.63) is 77.9 Å². The van der Waals surface area contributed by atoms with Gasteiger partial charge in [-0.2, -0.15) is 0 Å². The first-order valence-electron chi connectivity index (χ1n) is 8.58. The number of hydrogen-bond donors (Lipinski definition) is 3. The predicted octanol–water partition coefficient (Wildman–Crippen LogP) is 4.12. The molecule has 7 heteroatoms. The molecule has 0 fully saturated rings. The number of aryl methyl sites for hydroxylation is 1. The lowest BCUT2D eigenvalue weighted by Crippen LogP contribution is -2.13. The molecule has 28 heavy (non-hydrogen) atoms. The van der Waals surface area contributed by atoms with Gasteiger partial charge in [0.25, 0.3) is 10.0 Å². The van der Waals surface area contributed by atoms with E-state index in [1.165, 1.54) is 17.7 Å². The number of sulfonamides is 1. The maximum absolute atomic E-state index is 12.7. The molecule has 0 saturated carbocycles. The van der Waals surface area contributed by atoms with Crippen LogP contribution in [0.5, 0.6) is 5.75 Å². The monoisotopic (exact) mass is 397 g/mol. The number of carboxylic acids is 1. The minimum absolute atomic E-state index is 0.0615. The molecule has 3 aromatic carbocycles. The van der Waals surface area contributed by atoms with Gasteiger partial charge in [-0.1, -0.05) is 43.3 Å². The van der Waals surface area contributed by atoms with Crippen molar-refractivity contribution in [1.82, 2.24) is 0 Å². The van der Waals surface area contributed by atoms with Crippen LogP contribution in [0.15, 0.2) is 71.6 Å². The van der Waals surface area contributed by atoms with Gasteiger partial charge in [-0.25, -0.2) is 13.2 Å². The molecule has 0 saturated heterocycles. The van der Waals surface area contributed by atoms with Crippen LogP contribution in [0.4, 0.5) is 5.69 Å². The van der Waals surface area contributed by atoms with Gasteiger partial charge in [0.15, 0.2) is 0 Å². The van der Waals surface area contributed by atoms with Gasteiger partial charge < -0.3 is 10.2 Å². The molecule has 0 bridgehead atoms. The summed E-state index contributed by atoms with van der Waals surface area (Å²) < 4.78 is 27.8. The van der Waals surface area contributed by atoms with E-state index in [9.17, 15) is 18.3 Å². The summed E-state index contributed by atoms with van der Waals surface area (Å²) >= 11 is 0. The van der Waals surface area contributed by atoms with E-state index in [4.69, 9.17) is 5.11 Å². The first-order valence-corrected chi connectivity index (χ1v) is 10.1. The molecule has 144 valence electrons. The SMILES string of the molecule is CCc1ccc(-c2cccc(S(=O)(=O)Nc3ccc(C(=O)O)c(O)c3)c2)cc1. The van der Waals surface area contributed by atoms with E-state index < -0.39 is 21.7 Å². The lowest BCUT2D eigenvalue weighted by Gasteiger charge is -2.11. The highest BCUT2D eigenvalue weighted by Gasteiger charge is 2.17. The molecule has 3 rings (SSSR count). The van der Waals surface area contributed by atoms with Gasteiger partial charge in [-0.15, -0.1) is 0 Å². The summed E-state index contributed by atoms with van der Waals surface area (Å²) in [4.78, 5) is 11.0. The number of rotatable bonds is 6. The highest BCUT2D eigenvalue weighted by Crippen LogP contribution is 2.26. The van der Waals surface area contributed by atoms with Crippen molar-refractivity contribution >= 4 is 21.7 Å². The van der Waals surface area contributed by atoms with E-state index in [0.29, 0.717) is 0 Å². The number of phenols is 1. The molecule has 3 aromatic rings. The molecule has 0 amide bonds. The van der Waals surface area contributed by atoms with Crippen LogP contribution in [0, 0.1) is 0 Å². The van der Waals surface area contributed by atoms with Crippen molar-refractivity contribution in [2.24, 2.45) is 0 Å². The molecule has 0 radical (unpaired) electrons. The van der Waals surface area contributed by atoms with Crippen LogP contribution >= 0.6 is 0 Å². The van der Waals surface area contributed by atoms with Crippen molar-refractivity contribution in [2.45, 2.75) is 18.2 Å². The highest BCUT2D eigenvalue weighted by molar-refractivity contribution is 7.92. The third kappa shape index (κ3) is 4.15. The highest BCUT2D eigenvalue weighted by atomic mass is 32.2. The Morgan fingerprint density at radius 3 is 2.29 bits per heavy atom. The number of carbonyl (C=O) groups is 1. The molecular formula is C21H19NO5S. The second-order valence-corrected chi connectivity index (χ2v) is 7.90. The number of aromatic hydroxyl groups is 1. The number of hydrogen-bond acceptors (Lipinski definition) is 4. The molecular weight excluding hydrogens is 378 g/mol. The quantitative estimate of drug-likeness (QED) is 0.580. The Hall–Kier alpha value is -3.32. The summed E-state index contributed by atoms with van der Waals surface area (Å²) in [5, 5.41) is 18.7. The second kappa shape index (κ2) is 7.74. The van der Waals surface area contributed by atoms with Gasteiger partial charge in [0, 0.05) is 6.07 Å². The van der Waals surface area contributed by atoms with Crippen LogP contribution in [-0.2, 0) is 16.4 Å². The fourth-order valence-corrected chi connectivity index (χ4v) is 3.86. The Morgan fingerprint density at radius 2 is 1.68 bits per heavy atom. The van der Waals surface area contributed by atoms with Crippen LogP contribution in [0.1, 0.15) is 22.8 Å². The predicted molar refractivity (Wildman–Crippen MR) is 107 cm³/mol. The maximum atomic E-state index is 12.7. The molecule has 6 nitrogen and oxygen atoms in total. The number of anilines is 1. The average molecular weight is 397 g/mol. The lowest BCUT2D eigenvalue weighted by molar-refractivity contribution is 0.0694. The van der Waals surface area contributed by atoms with Crippen LogP contribution in [0.2, 0.25) is 0 Å². The van der Waals surface area contributed by atoms with Gasteiger partial charge in [-0.05, 0) is 47.4 Å². The zero-order valence-corrected chi connectivity index (χ0v) is 15.9. The summed E-state index contributed by atoms with van der Waals surface area (Å²) in [6.07, 6.45) is 0.923. The van der Waals surface area contributed by atoms with Crippen molar-refractivity contribution in [3.63, 3.8) is 0 Å². The molecule has 0 unspecified atom stereocenters. The maximum Gasteiger partial charge on any atom is 0.339 e. The fraction of sp³-hybridized carbons (Fsp3) is 0.0952. The fourth-order valence-electron chi connectivity index (χ4n) is 2.77. The summed E-state index contributed by atoms with van der Waals surface area (Å²) in [5.74, 6) is -1.81. The smallest absolute Gasteiger partial charge is 0.339 e. The normalized spacial score (nSPS) is 11.2. The third-order valence-electron chi connectivity index (χ3n) is 4.32. The molecule has 0 aliphatic carbocycles. The molecule has 0 aliphatic rings. The molecule has 0 atom stereocenters. The van der Waals surface area contributed by atoms with Gasteiger partial charge >= 0.3 is 5.97 Å². The van der Waals surface area contributed by atoms with Gasteiger partial charge in [-0.3, -0.25) is 4.72 Å². The minimum atomic E-state index is -3.92. The number of benzene rings is 3. The van der Waals surface area contributed by atoms with Crippen molar-refractivity contribution in [3.8, 4) is 16.9 Å². The zero-order chi connectivity index (χ0) is 20.3. The molecule has 3 N–H and O–H groups in total. The first kappa shape index (κ1) is 19.4. The summed E-state index contributed by atoms with van der Waals surface area (Å²) in [6, 6.07) is 17.9. The van der Waals surface area contributed by atoms with Crippen molar-refractivity contribution in [2.75, 3.05) is 4.72 Å². The standard InChI is InChI=1S/C21H19NO5S/c1-2-14-6-8-15(9-7-14)16-4-3-5-18(12-16)28(26,27)22-17-10-11-19(21(24)25)20(23)13-17/h3-13,22-23H,2H2,1H3,(H,24,25). The third-order valence-corrected chi connectivity index (χ3v) is 5.70. The van der Waals surface area contributed by atoms with Crippen LogP contribution in [0.3, 0.4) is 0 Å². The average Bonchev–Trinajstić information content (AvgIpc) is 2.67. The van der Waals surface area contributed by atoms with Crippen LogP contribution < -0.4 is 4.72 Å². The van der Waals surface area contributed by atoms with Gasteiger partial charge in [0.2, 0.25) is 0 Å². The van der Waals surface area contributed by atoms with Crippen molar-refractivity contribution in [1.29, 1.82) is 0 Å². The Kier molecular flexibility index (Phi) is 5.37. The Bertz CT molecular complexity index is 1120. The van der Waals surface area contributed by atoms with E-state index in [-0.39, 0.29) is 16.1 Å². The van der Waals surface area contributed by atoms with E-state index in [2.05, 4.69) is 11.6 Å². The second-order valence-electron chi connectivity index (χ2n) is 6.22. The van der Waals surface area contributed by atoms with Gasteiger partial charge in [0.1, 0.15) is 11.3 Å². The molecule has 0 aromatic heterocycles. The number of carboxylic acid groups (broad SMARTS) is 1. The number of nitrogens with one attached hydrogen (secondary N) is 1. The molecule has 0 heterocycles. The molecule has 0 aliphatic heterocycles. The summed E-state index contributed by atoms with van der Waals surface area (Å²) in [7, 11) is -3.92. The largest absolute Gasteiger partial charge is 0.507 e. The lowest BCUT2D eigenvalue weighted by atomic mass is 10.0. The van der Waals surface area contributed by atoms with Crippen molar-refractivity contribution < 1.29 is 23.4 Å². The minimum Gasteiger partial charge on any atom is -0.507 e. The van der Waals surface area contributed by atoms with Crippen LogP contribution in [0.25, 0.3) is 11.1 Å². The Morgan fingerprint density at radius 1 is 0.964 bits per heavy atom. The summed E-state index contributed by atoms with van der Waals surface area (Å²) in [5.41, 5.74) is 2.62. The van der Waals surface area contributed by atoms with E-state index >= 15 is 0 Å². The first-order chi connectivity index (χ1) is 13.3. The Labute approximate surface area is 163 Å². The summed E-state index contributed by atoms with van der Waals surface area (Å²) in [6.45, 7) is 2.06. The Balaban J connectivity index is 1.89. The number of aromatic carboxylic acids is 1. The van der Waals surface area contributed by atoms with E-state index in [1.54, 1.807) is 12.1 Å². The van der Waals surface area contributed by atoms with E-state index in [0.717, 1.165) is 29.7 Å². The molecule has 0 spiro atoms.